The van der Waals surface area contributed by atoms with Crippen LogP contribution in [0, 0.1) is 5.82 Å². The van der Waals surface area contributed by atoms with Crippen molar-refractivity contribution in [3.8, 4) is 0 Å². The highest BCUT2D eigenvalue weighted by Crippen LogP contribution is 2.31. The van der Waals surface area contributed by atoms with Gasteiger partial charge in [-0.1, -0.05) is 12.1 Å². The van der Waals surface area contributed by atoms with Crippen LogP contribution in [0.4, 0.5) is 10.1 Å². The molecular weight excluding hydrogens is 397 g/mol. The fraction of sp³-hybridized carbons (Fsp3) is 0.238. The Labute approximate surface area is 168 Å². The number of ketones is 1. The molecular formula is C21H20FNO5S. The number of fused-ring (bicyclic) bond motifs is 1. The SMILES string of the molecule is CCS(=O)(=O)N1CCc2cc(C(=O)COC(=O)/C=C/c3cccc(F)c3)ccc21. The van der Waals surface area contributed by atoms with Crippen LogP contribution >= 0.6 is 0 Å². The maximum absolute atomic E-state index is 13.1. The fourth-order valence-corrected chi connectivity index (χ4v) is 4.19. The number of anilines is 1. The van der Waals surface area contributed by atoms with Crippen molar-refractivity contribution in [3.63, 3.8) is 0 Å². The minimum atomic E-state index is -3.35. The third-order valence-corrected chi connectivity index (χ3v) is 6.34. The zero-order chi connectivity index (χ0) is 21.0. The molecule has 0 unspecified atom stereocenters. The van der Waals surface area contributed by atoms with E-state index in [1.165, 1.54) is 34.6 Å². The Morgan fingerprint density at radius 2 is 2.00 bits per heavy atom. The zero-order valence-corrected chi connectivity index (χ0v) is 16.6. The molecule has 1 heterocycles. The molecule has 152 valence electrons. The molecule has 0 amide bonds. The third-order valence-electron chi connectivity index (χ3n) is 4.56. The molecule has 0 aliphatic carbocycles. The molecule has 0 saturated heterocycles. The molecule has 6 nitrogen and oxygen atoms in total. The number of Topliss-reactive ketones (excluding diaryl/α,β-unsaturated/α-hetero) is 1. The van der Waals surface area contributed by atoms with Gasteiger partial charge in [0, 0.05) is 18.2 Å². The third kappa shape index (κ3) is 4.89. The van der Waals surface area contributed by atoms with E-state index >= 15 is 0 Å². The normalized spacial score (nSPS) is 13.5. The van der Waals surface area contributed by atoms with Crippen LogP contribution in [0.1, 0.15) is 28.4 Å². The van der Waals surface area contributed by atoms with Gasteiger partial charge in [-0.05, 0) is 60.9 Å². The van der Waals surface area contributed by atoms with Crippen LogP contribution in [0.2, 0.25) is 0 Å². The summed E-state index contributed by atoms with van der Waals surface area (Å²) in [6.07, 6.45) is 3.04. The smallest absolute Gasteiger partial charge is 0.331 e. The van der Waals surface area contributed by atoms with Gasteiger partial charge in [-0.25, -0.2) is 17.6 Å². The van der Waals surface area contributed by atoms with E-state index in [0.717, 1.165) is 11.6 Å². The first-order valence-electron chi connectivity index (χ1n) is 9.07. The van der Waals surface area contributed by atoms with E-state index in [0.29, 0.717) is 29.8 Å². The number of rotatable bonds is 7. The van der Waals surface area contributed by atoms with Crippen molar-refractivity contribution in [3.05, 3.63) is 71.0 Å². The molecule has 29 heavy (non-hydrogen) atoms. The molecule has 1 aliphatic rings. The molecule has 2 aromatic rings. The minimum Gasteiger partial charge on any atom is -0.454 e. The topological polar surface area (TPSA) is 80.8 Å². The summed E-state index contributed by atoms with van der Waals surface area (Å²) >= 11 is 0. The molecule has 0 N–H and O–H groups in total. The number of esters is 1. The second kappa shape index (κ2) is 8.57. The summed E-state index contributed by atoms with van der Waals surface area (Å²) in [5, 5.41) is 0. The van der Waals surface area contributed by atoms with Crippen molar-refractivity contribution in [2.75, 3.05) is 23.2 Å². The van der Waals surface area contributed by atoms with Gasteiger partial charge in [0.25, 0.3) is 0 Å². The number of hydrogen-bond donors (Lipinski definition) is 0. The van der Waals surface area contributed by atoms with Crippen molar-refractivity contribution in [2.45, 2.75) is 13.3 Å². The lowest BCUT2D eigenvalue weighted by Crippen LogP contribution is -2.30. The second-order valence-electron chi connectivity index (χ2n) is 6.49. The van der Waals surface area contributed by atoms with Crippen LogP contribution in [0.15, 0.2) is 48.5 Å². The van der Waals surface area contributed by atoms with Crippen LogP contribution in [0.3, 0.4) is 0 Å². The van der Waals surface area contributed by atoms with Crippen LogP contribution in [-0.4, -0.2) is 39.1 Å². The van der Waals surface area contributed by atoms with Gasteiger partial charge >= 0.3 is 5.97 Å². The largest absolute Gasteiger partial charge is 0.454 e. The maximum atomic E-state index is 13.1. The molecule has 0 radical (unpaired) electrons. The Bertz CT molecular complexity index is 1080. The standard InChI is InChI=1S/C21H20FNO5S/c1-2-29(26,27)23-11-10-16-13-17(7-8-19(16)23)20(24)14-28-21(25)9-6-15-4-3-5-18(22)12-15/h3-9,12-13H,2,10-11,14H2,1H3/b9-6+. The first kappa shape index (κ1) is 20.7. The van der Waals surface area contributed by atoms with Crippen molar-refractivity contribution < 1.29 is 27.1 Å². The number of carbonyl (C=O) groups excluding carboxylic acids is 2. The highest BCUT2D eigenvalue weighted by atomic mass is 32.2. The molecule has 0 atom stereocenters. The van der Waals surface area contributed by atoms with Gasteiger partial charge in [-0.15, -0.1) is 0 Å². The number of ether oxygens (including phenoxy) is 1. The van der Waals surface area contributed by atoms with E-state index in [9.17, 15) is 22.4 Å². The molecule has 0 bridgehead atoms. The van der Waals surface area contributed by atoms with Crippen molar-refractivity contribution in [2.24, 2.45) is 0 Å². The monoisotopic (exact) mass is 417 g/mol. The zero-order valence-electron chi connectivity index (χ0n) is 15.8. The summed E-state index contributed by atoms with van der Waals surface area (Å²) in [6, 6.07) is 10.5. The summed E-state index contributed by atoms with van der Waals surface area (Å²) in [6.45, 7) is 1.49. The predicted molar refractivity (Wildman–Crippen MR) is 108 cm³/mol. The number of sulfonamides is 1. The summed E-state index contributed by atoms with van der Waals surface area (Å²) in [5.41, 5.74) is 2.20. The van der Waals surface area contributed by atoms with Crippen molar-refractivity contribution >= 4 is 33.5 Å². The highest BCUT2D eigenvalue weighted by molar-refractivity contribution is 7.92. The summed E-state index contributed by atoms with van der Waals surface area (Å²) in [5.74, 6) is -1.52. The number of halogens is 1. The van der Waals surface area contributed by atoms with Crippen LogP contribution < -0.4 is 4.31 Å². The predicted octanol–water partition coefficient (Wildman–Crippen LogP) is 2.98. The summed E-state index contributed by atoms with van der Waals surface area (Å²) in [7, 11) is -3.35. The van der Waals surface area contributed by atoms with E-state index in [-0.39, 0.29) is 5.75 Å². The van der Waals surface area contributed by atoms with Gasteiger partial charge in [0.1, 0.15) is 5.82 Å². The number of benzene rings is 2. The molecule has 0 aromatic heterocycles. The highest BCUT2D eigenvalue weighted by Gasteiger charge is 2.28. The minimum absolute atomic E-state index is 0.00616. The summed E-state index contributed by atoms with van der Waals surface area (Å²) < 4.78 is 43.6. The fourth-order valence-electron chi connectivity index (χ4n) is 3.03. The van der Waals surface area contributed by atoms with Crippen LogP contribution in [-0.2, 0) is 26.0 Å². The van der Waals surface area contributed by atoms with E-state index in [1.54, 1.807) is 25.1 Å². The average Bonchev–Trinajstić information content (AvgIpc) is 3.14. The molecule has 0 spiro atoms. The van der Waals surface area contributed by atoms with Crippen molar-refractivity contribution in [1.82, 2.24) is 0 Å². The summed E-state index contributed by atoms with van der Waals surface area (Å²) in [4.78, 5) is 24.1. The van der Waals surface area contributed by atoms with Gasteiger partial charge in [-0.2, -0.15) is 0 Å². The number of nitrogens with zero attached hydrogens (tertiary/aromatic N) is 1. The van der Waals surface area contributed by atoms with E-state index < -0.39 is 34.2 Å². The van der Waals surface area contributed by atoms with Gasteiger partial charge in [0.2, 0.25) is 10.0 Å². The Balaban J connectivity index is 1.61. The first-order chi connectivity index (χ1) is 13.8. The molecule has 0 fully saturated rings. The van der Waals surface area contributed by atoms with Crippen LogP contribution in [0.5, 0.6) is 0 Å². The second-order valence-corrected chi connectivity index (χ2v) is 8.67. The molecule has 3 rings (SSSR count). The first-order valence-corrected chi connectivity index (χ1v) is 10.7. The quantitative estimate of drug-likeness (QED) is 0.393. The van der Waals surface area contributed by atoms with E-state index in [4.69, 9.17) is 4.74 Å². The molecule has 0 saturated carbocycles. The molecule has 2 aromatic carbocycles. The number of carbonyl (C=O) groups is 2. The molecule has 8 heteroatoms. The van der Waals surface area contributed by atoms with Crippen LogP contribution in [0.25, 0.3) is 6.08 Å². The molecule has 1 aliphatic heterocycles. The van der Waals surface area contributed by atoms with Gasteiger partial charge < -0.3 is 4.74 Å². The lowest BCUT2D eigenvalue weighted by Gasteiger charge is -2.18. The number of hydrogen-bond acceptors (Lipinski definition) is 5. The van der Waals surface area contributed by atoms with E-state index in [1.807, 2.05) is 0 Å². The Hall–Kier alpha value is -3.00. The van der Waals surface area contributed by atoms with Gasteiger partial charge in [0.15, 0.2) is 12.4 Å². The Morgan fingerprint density at radius 3 is 2.72 bits per heavy atom. The maximum Gasteiger partial charge on any atom is 0.331 e. The van der Waals surface area contributed by atoms with E-state index in [2.05, 4.69) is 0 Å². The lowest BCUT2D eigenvalue weighted by atomic mass is 10.1. The Morgan fingerprint density at radius 1 is 1.21 bits per heavy atom. The Kier molecular flexibility index (Phi) is 6.12. The average molecular weight is 417 g/mol. The lowest BCUT2D eigenvalue weighted by molar-refractivity contribution is -0.136. The van der Waals surface area contributed by atoms with Gasteiger partial charge in [0.05, 0.1) is 11.4 Å². The van der Waals surface area contributed by atoms with Crippen molar-refractivity contribution in [1.29, 1.82) is 0 Å². The van der Waals surface area contributed by atoms with Gasteiger partial charge in [-0.3, -0.25) is 9.10 Å².